The number of rotatable bonds is 2. The summed E-state index contributed by atoms with van der Waals surface area (Å²) >= 11 is 3.37. The second-order valence-corrected chi connectivity index (χ2v) is 3.29. The molecule has 1 aromatic rings. The van der Waals surface area contributed by atoms with Gasteiger partial charge in [-0.2, -0.15) is 0 Å². The smallest absolute Gasteiger partial charge is 0.136 e. The van der Waals surface area contributed by atoms with Crippen LogP contribution in [0.1, 0.15) is 18.7 Å². The molecule has 12 heavy (non-hydrogen) atoms. The average molecular weight is 231 g/mol. The van der Waals surface area contributed by atoms with Gasteiger partial charge in [0.05, 0.1) is 17.3 Å². The molecule has 1 aromatic heterocycles. The molecule has 0 radical (unpaired) electrons. The maximum absolute atomic E-state index is 5.69. The fraction of sp³-hybridized carbons (Fsp3) is 0.375. The van der Waals surface area contributed by atoms with Crippen LogP contribution in [-0.2, 0) is 0 Å². The Bertz CT molecular complexity index is 276. The average Bonchev–Trinajstić information content (AvgIpc) is 2.04. The van der Waals surface area contributed by atoms with Gasteiger partial charge < -0.3 is 10.5 Å². The van der Waals surface area contributed by atoms with Gasteiger partial charge in [-0.15, -0.1) is 0 Å². The number of hydrogen-bond acceptors (Lipinski definition) is 3. The Hall–Kier alpha value is -0.610. The lowest BCUT2D eigenvalue weighted by atomic mass is 10.2. The second kappa shape index (κ2) is 3.87. The van der Waals surface area contributed by atoms with Crippen LogP contribution in [0.5, 0.6) is 5.75 Å². The molecule has 0 fully saturated rings. The molecule has 1 unspecified atom stereocenters. The van der Waals surface area contributed by atoms with Gasteiger partial charge in [0, 0.05) is 12.2 Å². The fourth-order valence-corrected chi connectivity index (χ4v) is 1.67. The summed E-state index contributed by atoms with van der Waals surface area (Å²) in [6, 6.07) is 1.70. The molecule has 66 valence electrons. The van der Waals surface area contributed by atoms with E-state index in [2.05, 4.69) is 20.9 Å². The minimum absolute atomic E-state index is 0.0884. The molecule has 3 nitrogen and oxygen atoms in total. The first-order valence-electron chi connectivity index (χ1n) is 3.60. The van der Waals surface area contributed by atoms with Gasteiger partial charge in [-0.25, -0.2) is 0 Å². The summed E-state index contributed by atoms with van der Waals surface area (Å²) in [5, 5.41) is 0. The first-order chi connectivity index (χ1) is 5.66. The van der Waals surface area contributed by atoms with E-state index >= 15 is 0 Å². The van der Waals surface area contributed by atoms with Crippen LogP contribution in [0.3, 0.4) is 0 Å². The molecular weight excluding hydrogens is 220 g/mol. The van der Waals surface area contributed by atoms with E-state index in [9.17, 15) is 0 Å². The summed E-state index contributed by atoms with van der Waals surface area (Å²) in [4.78, 5) is 4.13. The molecule has 1 rings (SSSR count). The molecule has 0 bridgehead atoms. The zero-order valence-electron chi connectivity index (χ0n) is 7.04. The fourth-order valence-electron chi connectivity index (χ4n) is 0.916. The molecule has 0 spiro atoms. The maximum Gasteiger partial charge on any atom is 0.136 e. The Morgan fingerprint density at radius 3 is 2.83 bits per heavy atom. The number of nitrogens with zero attached hydrogens (tertiary/aromatic N) is 1. The summed E-state index contributed by atoms with van der Waals surface area (Å²) in [6.07, 6.45) is 1.68. The van der Waals surface area contributed by atoms with Gasteiger partial charge in [-0.1, -0.05) is 0 Å². The van der Waals surface area contributed by atoms with Gasteiger partial charge in [-0.05, 0) is 28.9 Å². The summed E-state index contributed by atoms with van der Waals surface area (Å²) in [5.74, 6) is 0.761. The highest BCUT2D eigenvalue weighted by Gasteiger charge is 2.10. The molecule has 0 aliphatic heterocycles. The van der Waals surface area contributed by atoms with Gasteiger partial charge >= 0.3 is 0 Å². The van der Waals surface area contributed by atoms with E-state index in [0.717, 1.165) is 15.9 Å². The van der Waals surface area contributed by atoms with Crippen molar-refractivity contribution in [2.45, 2.75) is 13.0 Å². The van der Waals surface area contributed by atoms with E-state index in [-0.39, 0.29) is 6.04 Å². The summed E-state index contributed by atoms with van der Waals surface area (Å²) in [7, 11) is 1.62. The lowest BCUT2D eigenvalue weighted by Crippen LogP contribution is -2.08. The van der Waals surface area contributed by atoms with Crippen LogP contribution in [0.15, 0.2) is 16.7 Å². The minimum atomic E-state index is -0.0884. The number of pyridine rings is 1. The first kappa shape index (κ1) is 9.48. The summed E-state index contributed by atoms with van der Waals surface area (Å²) < 4.78 is 5.93. The number of halogens is 1. The van der Waals surface area contributed by atoms with Crippen LogP contribution in [0.25, 0.3) is 0 Å². The number of methoxy groups -OCH3 is 1. The topological polar surface area (TPSA) is 48.1 Å². The zero-order valence-corrected chi connectivity index (χ0v) is 8.63. The third-order valence-electron chi connectivity index (χ3n) is 1.53. The first-order valence-corrected chi connectivity index (χ1v) is 4.40. The van der Waals surface area contributed by atoms with Crippen molar-refractivity contribution in [3.8, 4) is 5.75 Å². The van der Waals surface area contributed by atoms with E-state index in [1.165, 1.54) is 0 Å². The van der Waals surface area contributed by atoms with E-state index in [0.29, 0.717) is 0 Å². The second-order valence-electron chi connectivity index (χ2n) is 2.50. The lowest BCUT2D eigenvalue weighted by Gasteiger charge is -2.09. The quantitative estimate of drug-likeness (QED) is 0.845. The van der Waals surface area contributed by atoms with Crippen molar-refractivity contribution in [3.63, 3.8) is 0 Å². The Morgan fingerprint density at radius 2 is 2.33 bits per heavy atom. The molecule has 1 heterocycles. The van der Waals surface area contributed by atoms with Crippen molar-refractivity contribution in [3.05, 3.63) is 22.4 Å². The Kier molecular flexibility index (Phi) is 3.05. The van der Waals surface area contributed by atoms with Crippen LogP contribution < -0.4 is 10.5 Å². The number of nitrogens with two attached hydrogens (primary N) is 1. The van der Waals surface area contributed by atoms with Crippen molar-refractivity contribution in [2.24, 2.45) is 5.73 Å². The molecule has 0 aliphatic rings. The number of ether oxygens (including phenoxy) is 1. The van der Waals surface area contributed by atoms with Crippen LogP contribution in [0, 0.1) is 0 Å². The monoisotopic (exact) mass is 230 g/mol. The Labute approximate surface area is 80.1 Å². The molecule has 0 amide bonds. The maximum atomic E-state index is 5.69. The standard InChI is InChI=1S/C8H11BrN2O/c1-5(10)8-7(9)6(12-2)3-4-11-8/h3-5H,10H2,1-2H3. The van der Waals surface area contributed by atoms with Crippen molar-refractivity contribution in [2.75, 3.05) is 7.11 Å². The molecule has 2 N–H and O–H groups in total. The van der Waals surface area contributed by atoms with E-state index < -0.39 is 0 Å². The normalized spacial score (nSPS) is 12.7. The van der Waals surface area contributed by atoms with Crippen LogP contribution in [-0.4, -0.2) is 12.1 Å². The van der Waals surface area contributed by atoms with Crippen LogP contribution >= 0.6 is 15.9 Å². The molecule has 0 saturated carbocycles. The molecule has 4 heteroatoms. The van der Waals surface area contributed by atoms with Crippen molar-refractivity contribution >= 4 is 15.9 Å². The third-order valence-corrected chi connectivity index (χ3v) is 2.33. The molecule has 0 saturated heterocycles. The van der Waals surface area contributed by atoms with E-state index in [1.54, 1.807) is 19.4 Å². The molecule has 1 atom stereocenters. The number of hydrogen-bond donors (Lipinski definition) is 1. The van der Waals surface area contributed by atoms with Crippen LogP contribution in [0.2, 0.25) is 0 Å². The van der Waals surface area contributed by atoms with Crippen LogP contribution in [0.4, 0.5) is 0 Å². The Balaban J connectivity index is 3.14. The van der Waals surface area contributed by atoms with Gasteiger partial charge in [-0.3, -0.25) is 4.98 Å². The SMILES string of the molecule is COc1ccnc(C(C)N)c1Br. The van der Waals surface area contributed by atoms with Gasteiger partial charge in [0.1, 0.15) is 5.75 Å². The largest absolute Gasteiger partial charge is 0.495 e. The minimum Gasteiger partial charge on any atom is -0.495 e. The molecule has 0 aromatic carbocycles. The van der Waals surface area contributed by atoms with E-state index in [1.807, 2.05) is 6.92 Å². The summed E-state index contributed by atoms with van der Waals surface area (Å²) in [6.45, 7) is 1.88. The van der Waals surface area contributed by atoms with Crippen molar-refractivity contribution in [1.29, 1.82) is 0 Å². The summed E-state index contributed by atoms with van der Waals surface area (Å²) in [5.41, 5.74) is 6.50. The predicted molar refractivity (Wildman–Crippen MR) is 51.1 cm³/mol. The van der Waals surface area contributed by atoms with Crippen molar-refractivity contribution in [1.82, 2.24) is 4.98 Å². The van der Waals surface area contributed by atoms with Gasteiger partial charge in [0.15, 0.2) is 0 Å². The van der Waals surface area contributed by atoms with Gasteiger partial charge in [0.2, 0.25) is 0 Å². The Morgan fingerprint density at radius 1 is 1.67 bits per heavy atom. The molecular formula is C8H11BrN2O. The molecule has 0 aliphatic carbocycles. The van der Waals surface area contributed by atoms with E-state index in [4.69, 9.17) is 10.5 Å². The highest BCUT2D eigenvalue weighted by molar-refractivity contribution is 9.10. The highest BCUT2D eigenvalue weighted by atomic mass is 79.9. The zero-order chi connectivity index (χ0) is 9.14. The number of aromatic nitrogens is 1. The highest BCUT2D eigenvalue weighted by Crippen LogP contribution is 2.29. The van der Waals surface area contributed by atoms with Gasteiger partial charge in [0.25, 0.3) is 0 Å². The lowest BCUT2D eigenvalue weighted by molar-refractivity contribution is 0.410. The van der Waals surface area contributed by atoms with Crippen molar-refractivity contribution < 1.29 is 4.74 Å². The predicted octanol–water partition coefficient (Wildman–Crippen LogP) is 1.87. The third kappa shape index (κ3) is 1.76.